The molecule has 6 nitrogen and oxygen atoms in total. The summed E-state index contributed by atoms with van der Waals surface area (Å²) in [4.78, 5) is 41.2. The molecule has 4 rings (SSSR count). The van der Waals surface area contributed by atoms with Gasteiger partial charge in [-0.1, -0.05) is 31.9 Å². The number of morpholine rings is 1. The van der Waals surface area contributed by atoms with Gasteiger partial charge in [0.2, 0.25) is 17.7 Å². The lowest BCUT2D eigenvalue weighted by Crippen LogP contribution is -2.47. The lowest BCUT2D eigenvalue weighted by Gasteiger charge is -2.28. The van der Waals surface area contributed by atoms with Crippen LogP contribution in [0.15, 0.2) is 0 Å². The minimum absolute atomic E-state index is 0.121. The number of fused-ring (bicyclic) bond motifs is 5. The third kappa shape index (κ3) is 2.32. The van der Waals surface area contributed by atoms with Crippen LogP contribution in [0.25, 0.3) is 0 Å². The fourth-order valence-electron chi connectivity index (χ4n) is 4.61. The molecule has 0 aromatic rings. The van der Waals surface area contributed by atoms with Crippen molar-refractivity contribution in [2.75, 3.05) is 32.8 Å². The van der Waals surface area contributed by atoms with E-state index in [1.807, 2.05) is 0 Å². The molecule has 0 aromatic heterocycles. The van der Waals surface area contributed by atoms with Crippen molar-refractivity contribution in [1.29, 1.82) is 0 Å². The molecule has 0 N–H and O–H groups in total. The predicted octanol–water partition coefficient (Wildman–Crippen LogP) is 0.623. The van der Waals surface area contributed by atoms with E-state index >= 15 is 0 Å². The van der Waals surface area contributed by atoms with Gasteiger partial charge in [-0.05, 0) is 18.3 Å². The van der Waals surface area contributed by atoms with Gasteiger partial charge >= 0.3 is 0 Å². The van der Waals surface area contributed by atoms with Gasteiger partial charge in [0, 0.05) is 22.7 Å². The van der Waals surface area contributed by atoms with Crippen LogP contribution in [0.1, 0.15) is 6.42 Å². The van der Waals surface area contributed by atoms with Crippen LogP contribution in [0, 0.1) is 23.7 Å². The molecule has 0 aromatic carbocycles. The zero-order chi connectivity index (χ0) is 16.3. The highest BCUT2D eigenvalue weighted by Gasteiger charge is 2.66. The molecular formula is C15H18Br2N2O4. The number of nitrogens with zero attached hydrogens (tertiary/aromatic N) is 2. The average molecular weight is 450 g/mol. The van der Waals surface area contributed by atoms with Crippen molar-refractivity contribution in [2.24, 2.45) is 23.7 Å². The fourth-order valence-corrected chi connectivity index (χ4v) is 6.49. The van der Waals surface area contributed by atoms with E-state index in [0.29, 0.717) is 26.3 Å². The summed E-state index contributed by atoms with van der Waals surface area (Å²) >= 11 is 7.32. The Morgan fingerprint density at radius 2 is 1.57 bits per heavy atom. The molecular weight excluding hydrogens is 432 g/mol. The molecule has 2 bridgehead atoms. The molecule has 126 valence electrons. The third-order valence-corrected chi connectivity index (χ3v) is 8.94. The fraction of sp³-hybridized carbons (Fsp3) is 0.800. The van der Waals surface area contributed by atoms with Gasteiger partial charge in [0.25, 0.3) is 0 Å². The molecule has 8 heteroatoms. The Bertz CT molecular complexity index is 534. The van der Waals surface area contributed by atoms with Gasteiger partial charge in [-0.15, -0.1) is 0 Å². The predicted molar refractivity (Wildman–Crippen MR) is 88.1 cm³/mol. The number of alkyl halides is 2. The van der Waals surface area contributed by atoms with Crippen LogP contribution in [0.3, 0.4) is 0 Å². The van der Waals surface area contributed by atoms with E-state index in [1.165, 1.54) is 4.90 Å². The van der Waals surface area contributed by atoms with E-state index in [1.54, 1.807) is 4.90 Å². The second kappa shape index (κ2) is 5.81. The second-order valence-electron chi connectivity index (χ2n) is 6.76. The maximum Gasteiger partial charge on any atom is 0.242 e. The number of hydrogen-bond donors (Lipinski definition) is 0. The van der Waals surface area contributed by atoms with Gasteiger partial charge in [-0.3, -0.25) is 19.3 Å². The van der Waals surface area contributed by atoms with E-state index in [9.17, 15) is 14.4 Å². The number of carbonyl (C=O) groups is 3. The largest absolute Gasteiger partial charge is 0.378 e. The molecule has 4 fully saturated rings. The summed E-state index contributed by atoms with van der Waals surface area (Å²) < 4.78 is 5.23. The van der Waals surface area contributed by atoms with Crippen LogP contribution < -0.4 is 0 Å². The summed E-state index contributed by atoms with van der Waals surface area (Å²) in [6.45, 7) is 1.96. The van der Waals surface area contributed by atoms with E-state index in [2.05, 4.69) is 31.9 Å². The first-order chi connectivity index (χ1) is 11.0. The van der Waals surface area contributed by atoms with Gasteiger partial charge in [-0.2, -0.15) is 0 Å². The van der Waals surface area contributed by atoms with Crippen LogP contribution in [-0.4, -0.2) is 70.0 Å². The van der Waals surface area contributed by atoms with Crippen LogP contribution in [0.4, 0.5) is 0 Å². The number of amides is 3. The van der Waals surface area contributed by atoms with Crippen molar-refractivity contribution in [3.63, 3.8) is 0 Å². The van der Waals surface area contributed by atoms with Crippen LogP contribution in [-0.2, 0) is 19.1 Å². The molecule has 0 radical (unpaired) electrons. The first-order valence-electron chi connectivity index (χ1n) is 7.99. The summed E-state index contributed by atoms with van der Waals surface area (Å²) in [6.07, 6.45) is 0.907. The summed E-state index contributed by atoms with van der Waals surface area (Å²) in [5.74, 6) is -0.584. The smallest absolute Gasteiger partial charge is 0.242 e. The quantitative estimate of drug-likeness (QED) is 0.458. The van der Waals surface area contributed by atoms with Gasteiger partial charge in [0.05, 0.1) is 25.0 Å². The minimum Gasteiger partial charge on any atom is -0.378 e. The molecule has 3 amide bonds. The lowest BCUT2D eigenvalue weighted by molar-refractivity contribution is -0.148. The third-order valence-electron chi connectivity index (χ3n) is 5.74. The summed E-state index contributed by atoms with van der Waals surface area (Å²) in [5.41, 5.74) is 0. The lowest BCUT2D eigenvalue weighted by atomic mass is 9.81. The first kappa shape index (κ1) is 16.0. The van der Waals surface area contributed by atoms with Gasteiger partial charge in [-0.25, -0.2) is 0 Å². The number of halogens is 2. The number of rotatable bonds is 2. The number of hydrogen-bond acceptors (Lipinski definition) is 4. The second-order valence-corrected chi connectivity index (χ2v) is 8.87. The van der Waals surface area contributed by atoms with Crippen molar-refractivity contribution in [3.05, 3.63) is 0 Å². The Morgan fingerprint density at radius 1 is 1.04 bits per heavy atom. The normalized spacial score (nSPS) is 42.5. The molecule has 2 heterocycles. The van der Waals surface area contributed by atoms with E-state index < -0.39 is 0 Å². The zero-order valence-corrected chi connectivity index (χ0v) is 15.7. The first-order valence-corrected chi connectivity index (χ1v) is 9.82. The number of ether oxygens (including phenoxy) is 1. The van der Waals surface area contributed by atoms with Crippen LogP contribution in [0.5, 0.6) is 0 Å². The minimum atomic E-state index is -0.247. The Kier molecular flexibility index (Phi) is 4.05. The molecule has 0 unspecified atom stereocenters. The maximum absolute atomic E-state index is 12.7. The highest BCUT2D eigenvalue weighted by atomic mass is 79.9. The Hall–Kier alpha value is -0.470. The highest BCUT2D eigenvalue weighted by Crippen LogP contribution is 2.60. The number of likely N-dealkylation sites (tertiary alicyclic amines) is 1. The zero-order valence-electron chi connectivity index (χ0n) is 12.5. The van der Waals surface area contributed by atoms with Crippen molar-refractivity contribution in [1.82, 2.24) is 9.80 Å². The Morgan fingerprint density at radius 3 is 2.09 bits per heavy atom. The molecule has 23 heavy (non-hydrogen) atoms. The van der Waals surface area contributed by atoms with Crippen molar-refractivity contribution >= 4 is 49.6 Å². The highest BCUT2D eigenvalue weighted by molar-refractivity contribution is 9.12. The van der Waals surface area contributed by atoms with Crippen LogP contribution in [0.2, 0.25) is 0 Å². The van der Waals surface area contributed by atoms with Crippen LogP contribution >= 0.6 is 31.9 Å². The molecule has 4 aliphatic rings. The Labute approximate surface area is 151 Å². The Balaban J connectivity index is 1.50. The monoisotopic (exact) mass is 448 g/mol. The van der Waals surface area contributed by atoms with Crippen molar-refractivity contribution < 1.29 is 19.1 Å². The average Bonchev–Trinajstić information content (AvgIpc) is 3.16. The van der Waals surface area contributed by atoms with E-state index in [-0.39, 0.29) is 57.6 Å². The standard InChI is InChI=1S/C15H18Br2N2O4/c16-12-7-5-8(13(12)17)11-10(7)14(21)19(15(11)22)6-9(20)18-1-3-23-4-2-18/h7-8,10-13H,1-6H2/t7-,8-,10-,11+,12-,13+/m1/s1. The summed E-state index contributed by atoms with van der Waals surface area (Å²) in [6, 6.07) is 0. The van der Waals surface area contributed by atoms with Crippen molar-refractivity contribution in [3.8, 4) is 0 Å². The van der Waals surface area contributed by atoms with E-state index in [0.717, 1.165) is 6.42 Å². The molecule has 2 saturated heterocycles. The SMILES string of the molecule is O=C(CN1C(=O)[C@@H]2[C@H]3C[C@@H]([C@H](Br)[C@@H]3Br)[C@@H]2C1=O)N1CCOCC1. The summed E-state index contributed by atoms with van der Waals surface area (Å²) in [7, 11) is 0. The number of carbonyl (C=O) groups excluding carboxylic acids is 3. The molecule has 0 spiro atoms. The van der Waals surface area contributed by atoms with Gasteiger partial charge in [0.15, 0.2) is 0 Å². The molecule has 2 aliphatic carbocycles. The molecule has 6 atom stereocenters. The van der Waals surface area contributed by atoms with Crippen molar-refractivity contribution in [2.45, 2.75) is 16.1 Å². The molecule has 2 aliphatic heterocycles. The van der Waals surface area contributed by atoms with Gasteiger partial charge < -0.3 is 9.64 Å². The van der Waals surface area contributed by atoms with E-state index in [4.69, 9.17) is 4.74 Å². The summed E-state index contributed by atoms with van der Waals surface area (Å²) in [5, 5.41) is 0. The van der Waals surface area contributed by atoms with Gasteiger partial charge in [0.1, 0.15) is 6.54 Å². The number of imide groups is 1. The maximum atomic E-state index is 12.7. The topological polar surface area (TPSA) is 66.9 Å². The molecule has 2 saturated carbocycles.